The van der Waals surface area contributed by atoms with Crippen LogP contribution in [-0.2, 0) is 49.9 Å². The van der Waals surface area contributed by atoms with Gasteiger partial charge in [0.05, 0.1) is 27.4 Å². The fraction of sp³-hybridized carbons (Fsp3) is 0.529. The molecule has 1 aliphatic heterocycles. The Labute approximate surface area is 129 Å². The molecular formula is C17H20O5. The summed E-state index contributed by atoms with van der Waals surface area (Å²) in [4.78, 5) is 24.7. The molecule has 1 aromatic rings. The fourth-order valence-electron chi connectivity index (χ4n) is 3.82. The first kappa shape index (κ1) is 15.0. The molecule has 0 aromatic heterocycles. The lowest BCUT2D eigenvalue weighted by Gasteiger charge is -2.22. The quantitative estimate of drug-likeness (QED) is 0.615. The molecule has 3 rings (SSSR count). The second-order valence-electron chi connectivity index (χ2n) is 6.08. The van der Waals surface area contributed by atoms with Crippen LogP contribution in [0.1, 0.15) is 33.4 Å². The highest BCUT2D eigenvalue weighted by Crippen LogP contribution is 2.45. The average molecular weight is 304 g/mol. The Balaban J connectivity index is 2.16. The molecule has 22 heavy (non-hydrogen) atoms. The molecule has 1 heterocycles. The van der Waals surface area contributed by atoms with Gasteiger partial charge in [0.1, 0.15) is 0 Å². The zero-order valence-corrected chi connectivity index (χ0v) is 13.4. The van der Waals surface area contributed by atoms with Gasteiger partial charge in [0.25, 0.3) is 0 Å². The molecule has 0 atom stereocenters. The van der Waals surface area contributed by atoms with E-state index in [0.717, 1.165) is 22.3 Å². The van der Waals surface area contributed by atoms with Crippen LogP contribution in [0.15, 0.2) is 0 Å². The fourth-order valence-corrected chi connectivity index (χ4v) is 3.82. The number of ether oxygens (including phenoxy) is 3. The minimum absolute atomic E-state index is 0.335. The molecule has 1 aromatic carbocycles. The molecular weight excluding hydrogens is 284 g/mol. The Bertz CT molecular complexity index is 617. The summed E-state index contributed by atoms with van der Waals surface area (Å²) in [6.45, 7) is 5.27. The largest absolute Gasteiger partial charge is 0.468 e. The number of carbonyl (C=O) groups is 2. The van der Waals surface area contributed by atoms with Gasteiger partial charge in [-0.05, 0) is 47.2 Å². The van der Waals surface area contributed by atoms with E-state index in [2.05, 4.69) is 0 Å². The monoisotopic (exact) mass is 304 g/mol. The highest BCUT2D eigenvalue weighted by molar-refractivity contribution is 6.01. The maximum atomic E-state index is 12.3. The van der Waals surface area contributed by atoms with Crippen molar-refractivity contribution < 1.29 is 23.8 Å². The summed E-state index contributed by atoms with van der Waals surface area (Å²) in [5.41, 5.74) is 5.53. The van der Waals surface area contributed by atoms with Crippen LogP contribution in [0.5, 0.6) is 0 Å². The summed E-state index contributed by atoms with van der Waals surface area (Å²) in [6, 6.07) is 0. The molecule has 5 heteroatoms. The Kier molecular flexibility index (Phi) is 3.48. The van der Waals surface area contributed by atoms with Crippen molar-refractivity contribution >= 4 is 11.9 Å². The number of carbonyl (C=O) groups excluding carboxylic acids is 2. The molecule has 0 radical (unpaired) electrons. The average Bonchev–Trinajstić information content (AvgIpc) is 3.16. The van der Waals surface area contributed by atoms with Crippen LogP contribution in [0, 0.1) is 19.3 Å². The second-order valence-corrected chi connectivity index (χ2v) is 6.08. The van der Waals surface area contributed by atoms with E-state index in [9.17, 15) is 9.59 Å². The van der Waals surface area contributed by atoms with Crippen LogP contribution < -0.4 is 0 Å². The Morgan fingerprint density at radius 1 is 0.864 bits per heavy atom. The summed E-state index contributed by atoms with van der Waals surface area (Å²) >= 11 is 0. The highest BCUT2D eigenvalue weighted by atomic mass is 16.5. The Morgan fingerprint density at radius 2 is 1.27 bits per heavy atom. The van der Waals surface area contributed by atoms with Gasteiger partial charge >= 0.3 is 11.9 Å². The molecule has 118 valence electrons. The van der Waals surface area contributed by atoms with Crippen molar-refractivity contribution in [1.82, 2.24) is 0 Å². The van der Waals surface area contributed by atoms with Crippen molar-refractivity contribution in [2.75, 3.05) is 14.2 Å². The van der Waals surface area contributed by atoms with Crippen molar-refractivity contribution in [3.63, 3.8) is 0 Å². The van der Waals surface area contributed by atoms with E-state index in [1.54, 1.807) is 0 Å². The lowest BCUT2D eigenvalue weighted by Crippen LogP contribution is -2.42. The standard InChI is InChI=1S/C17H20O5/c1-9-11-5-17(15(18)20-3,16(19)21-4)6-12(11)10(2)14-8-22-7-13(9)14/h5-8H2,1-4H3. The van der Waals surface area contributed by atoms with E-state index in [4.69, 9.17) is 14.2 Å². The van der Waals surface area contributed by atoms with Gasteiger partial charge in [0.2, 0.25) is 0 Å². The lowest BCUT2D eigenvalue weighted by atomic mass is 9.84. The lowest BCUT2D eigenvalue weighted by molar-refractivity contribution is -0.168. The third-order valence-corrected chi connectivity index (χ3v) is 5.14. The van der Waals surface area contributed by atoms with Crippen LogP contribution in [0.4, 0.5) is 0 Å². The van der Waals surface area contributed by atoms with Gasteiger partial charge in [-0.25, -0.2) is 0 Å². The van der Waals surface area contributed by atoms with Crippen LogP contribution in [0.2, 0.25) is 0 Å². The molecule has 0 bridgehead atoms. The van der Waals surface area contributed by atoms with Gasteiger partial charge in [-0.1, -0.05) is 0 Å². The van der Waals surface area contributed by atoms with E-state index in [1.807, 2.05) is 13.8 Å². The zero-order chi connectivity index (χ0) is 16.1. The molecule has 0 unspecified atom stereocenters. The van der Waals surface area contributed by atoms with Crippen LogP contribution >= 0.6 is 0 Å². The molecule has 0 fully saturated rings. The second kappa shape index (κ2) is 5.09. The molecule has 2 aliphatic rings. The molecule has 0 amide bonds. The Hall–Kier alpha value is -1.88. The van der Waals surface area contributed by atoms with Crippen molar-refractivity contribution in [2.24, 2.45) is 5.41 Å². The van der Waals surface area contributed by atoms with Gasteiger partial charge in [-0.2, -0.15) is 0 Å². The molecule has 0 saturated carbocycles. The number of esters is 2. The smallest absolute Gasteiger partial charge is 0.323 e. The summed E-state index contributed by atoms with van der Waals surface area (Å²) in [5, 5.41) is 0. The van der Waals surface area contributed by atoms with Gasteiger partial charge in [-0.3, -0.25) is 9.59 Å². The number of hydrogen-bond donors (Lipinski definition) is 0. The normalized spacial score (nSPS) is 17.8. The third kappa shape index (κ3) is 1.81. The molecule has 0 spiro atoms. The summed E-state index contributed by atoms with van der Waals surface area (Å²) in [6.07, 6.45) is 0.670. The maximum Gasteiger partial charge on any atom is 0.323 e. The number of methoxy groups -OCH3 is 2. The number of rotatable bonds is 2. The minimum atomic E-state index is -1.25. The number of hydrogen-bond acceptors (Lipinski definition) is 5. The van der Waals surface area contributed by atoms with Gasteiger partial charge in [-0.15, -0.1) is 0 Å². The van der Waals surface area contributed by atoms with Gasteiger partial charge in [0.15, 0.2) is 5.41 Å². The number of benzene rings is 1. The van der Waals surface area contributed by atoms with E-state index < -0.39 is 17.4 Å². The first-order valence-corrected chi connectivity index (χ1v) is 7.33. The first-order valence-electron chi connectivity index (χ1n) is 7.33. The summed E-state index contributed by atoms with van der Waals surface area (Å²) in [5.74, 6) is -1.04. The van der Waals surface area contributed by atoms with E-state index in [0.29, 0.717) is 26.1 Å². The minimum Gasteiger partial charge on any atom is -0.468 e. The predicted octanol–water partition coefficient (Wildman–Crippen LogP) is 1.76. The molecule has 0 N–H and O–H groups in total. The third-order valence-electron chi connectivity index (χ3n) is 5.14. The van der Waals surface area contributed by atoms with E-state index in [-0.39, 0.29) is 0 Å². The molecule has 0 saturated heterocycles. The van der Waals surface area contributed by atoms with Crippen molar-refractivity contribution in [3.8, 4) is 0 Å². The van der Waals surface area contributed by atoms with Gasteiger partial charge in [0, 0.05) is 12.8 Å². The maximum absolute atomic E-state index is 12.3. The van der Waals surface area contributed by atoms with Crippen molar-refractivity contribution in [3.05, 3.63) is 33.4 Å². The SMILES string of the molecule is COC(=O)C1(C(=O)OC)Cc2c(C)c3c(c(C)c2C1)COC3. The van der Waals surface area contributed by atoms with Crippen LogP contribution in [0.3, 0.4) is 0 Å². The predicted molar refractivity (Wildman–Crippen MR) is 78.3 cm³/mol. The molecule has 5 nitrogen and oxygen atoms in total. The summed E-state index contributed by atoms with van der Waals surface area (Å²) < 4.78 is 15.4. The van der Waals surface area contributed by atoms with Crippen LogP contribution in [0.25, 0.3) is 0 Å². The zero-order valence-electron chi connectivity index (χ0n) is 13.4. The highest BCUT2D eigenvalue weighted by Gasteiger charge is 2.53. The Morgan fingerprint density at radius 3 is 1.64 bits per heavy atom. The first-order chi connectivity index (χ1) is 10.5. The van der Waals surface area contributed by atoms with E-state index in [1.165, 1.54) is 25.3 Å². The van der Waals surface area contributed by atoms with Gasteiger partial charge < -0.3 is 14.2 Å². The topological polar surface area (TPSA) is 61.8 Å². The van der Waals surface area contributed by atoms with E-state index >= 15 is 0 Å². The van der Waals surface area contributed by atoms with Crippen molar-refractivity contribution in [1.29, 1.82) is 0 Å². The summed E-state index contributed by atoms with van der Waals surface area (Å²) in [7, 11) is 2.62. The van der Waals surface area contributed by atoms with Crippen LogP contribution in [-0.4, -0.2) is 26.2 Å². The number of fused-ring (bicyclic) bond motifs is 2. The van der Waals surface area contributed by atoms with Crippen molar-refractivity contribution in [2.45, 2.75) is 39.9 Å². The molecule has 1 aliphatic carbocycles.